The molecule has 17 heavy (non-hydrogen) atoms. The number of hydrogen-bond donors (Lipinski definition) is 2. The van der Waals surface area contributed by atoms with E-state index < -0.39 is 11.6 Å². The van der Waals surface area contributed by atoms with E-state index in [1.165, 1.54) is 7.11 Å². The molecule has 0 aliphatic rings. The molecule has 1 atom stereocenters. The van der Waals surface area contributed by atoms with Crippen molar-refractivity contribution in [2.75, 3.05) is 19.0 Å². The van der Waals surface area contributed by atoms with E-state index in [4.69, 9.17) is 11.6 Å². The standard InChI is InChI=1S/C10H15ClN2O3S/c1-4-10(2,15)5-12-9-13-7(11)6(17-9)8(14)16-3/h15H,4-5H2,1-3H3,(H,12,13). The lowest BCUT2D eigenvalue weighted by molar-refractivity contribution is 0.0606. The van der Waals surface area contributed by atoms with Crippen LogP contribution in [0.4, 0.5) is 5.13 Å². The Hall–Kier alpha value is -0.850. The Morgan fingerprint density at radius 2 is 2.35 bits per heavy atom. The molecule has 2 N–H and O–H groups in total. The van der Waals surface area contributed by atoms with Crippen LogP contribution in [0.2, 0.25) is 5.15 Å². The predicted octanol–water partition coefficient (Wildman–Crippen LogP) is 2.16. The summed E-state index contributed by atoms with van der Waals surface area (Å²) in [7, 11) is 1.29. The average molecular weight is 279 g/mol. The monoisotopic (exact) mass is 278 g/mol. The van der Waals surface area contributed by atoms with Crippen LogP contribution in [0.1, 0.15) is 29.9 Å². The number of nitrogens with zero attached hydrogens (tertiary/aromatic N) is 1. The van der Waals surface area contributed by atoms with Crippen LogP contribution in [-0.2, 0) is 4.74 Å². The Bertz CT molecular complexity index is 406. The van der Waals surface area contributed by atoms with Crippen molar-refractivity contribution in [2.45, 2.75) is 25.9 Å². The van der Waals surface area contributed by atoms with E-state index in [1.54, 1.807) is 6.92 Å². The molecule has 1 unspecified atom stereocenters. The molecule has 0 bridgehead atoms. The van der Waals surface area contributed by atoms with Crippen molar-refractivity contribution in [3.05, 3.63) is 10.0 Å². The highest BCUT2D eigenvalue weighted by molar-refractivity contribution is 7.18. The summed E-state index contributed by atoms with van der Waals surface area (Å²) in [6.07, 6.45) is 0.614. The average Bonchev–Trinajstić information content (AvgIpc) is 2.67. The van der Waals surface area contributed by atoms with Crippen molar-refractivity contribution in [3.8, 4) is 0 Å². The van der Waals surface area contributed by atoms with Gasteiger partial charge in [0.05, 0.1) is 12.7 Å². The number of aromatic nitrogens is 1. The molecule has 96 valence electrons. The molecule has 1 aromatic rings. The van der Waals surface area contributed by atoms with Gasteiger partial charge >= 0.3 is 5.97 Å². The lowest BCUT2D eigenvalue weighted by atomic mass is 10.0. The van der Waals surface area contributed by atoms with Gasteiger partial charge in [-0.25, -0.2) is 9.78 Å². The summed E-state index contributed by atoms with van der Waals surface area (Å²) < 4.78 is 4.57. The lowest BCUT2D eigenvalue weighted by Gasteiger charge is -2.20. The van der Waals surface area contributed by atoms with Gasteiger partial charge in [0.2, 0.25) is 0 Å². The Morgan fingerprint density at radius 1 is 1.71 bits per heavy atom. The number of nitrogens with one attached hydrogen (secondary N) is 1. The van der Waals surface area contributed by atoms with Crippen LogP contribution in [0.25, 0.3) is 0 Å². The Labute approximate surface area is 109 Å². The summed E-state index contributed by atoms with van der Waals surface area (Å²) in [5.41, 5.74) is -0.816. The molecule has 1 aromatic heterocycles. The Morgan fingerprint density at radius 3 is 2.88 bits per heavy atom. The van der Waals surface area contributed by atoms with Gasteiger partial charge in [0.25, 0.3) is 0 Å². The zero-order valence-electron chi connectivity index (χ0n) is 9.91. The normalized spacial score (nSPS) is 14.2. The first-order chi connectivity index (χ1) is 7.89. The summed E-state index contributed by atoms with van der Waals surface area (Å²) in [6, 6.07) is 0. The highest BCUT2D eigenvalue weighted by atomic mass is 35.5. The van der Waals surface area contributed by atoms with Gasteiger partial charge in [-0.1, -0.05) is 29.9 Å². The summed E-state index contributed by atoms with van der Waals surface area (Å²) in [5.74, 6) is -0.511. The van der Waals surface area contributed by atoms with Crippen molar-refractivity contribution in [1.29, 1.82) is 0 Å². The first-order valence-corrected chi connectivity index (χ1v) is 6.30. The van der Waals surface area contributed by atoms with Gasteiger partial charge in [-0.15, -0.1) is 0 Å². The van der Waals surface area contributed by atoms with Crippen LogP contribution in [0.5, 0.6) is 0 Å². The minimum absolute atomic E-state index is 0.112. The van der Waals surface area contributed by atoms with E-state index in [9.17, 15) is 9.90 Å². The zero-order valence-corrected chi connectivity index (χ0v) is 11.5. The lowest BCUT2D eigenvalue weighted by Crippen LogP contribution is -2.32. The number of methoxy groups -OCH3 is 1. The zero-order chi connectivity index (χ0) is 13.1. The van der Waals surface area contributed by atoms with Gasteiger partial charge in [0.1, 0.15) is 0 Å². The van der Waals surface area contributed by atoms with Crippen LogP contribution >= 0.6 is 22.9 Å². The molecule has 0 amide bonds. The van der Waals surface area contributed by atoms with Crippen molar-refractivity contribution in [3.63, 3.8) is 0 Å². The second kappa shape index (κ2) is 5.66. The summed E-state index contributed by atoms with van der Waals surface area (Å²) in [4.78, 5) is 15.5. The van der Waals surface area contributed by atoms with Gasteiger partial charge in [-0.05, 0) is 13.3 Å². The number of ether oxygens (including phenoxy) is 1. The first kappa shape index (κ1) is 14.2. The summed E-state index contributed by atoms with van der Waals surface area (Å²) in [5, 5.41) is 13.3. The van der Waals surface area contributed by atoms with Crippen LogP contribution < -0.4 is 5.32 Å². The number of rotatable bonds is 5. The van der Waals surface area contributed by atoms with Crippen LogP contribution in [0, 0.1) is 0 Å². The number of hydrogen-bond acceptors (Lipinski definition) is 6. The first-order valence-electron chi connectivity index (χ1n) is 5.10. The molecule has 1 heterocycles. The predicted molar refractivity (Wildman–Crippen MR) is 67.9 cm³/mol. The summed E-state index contributed by atoms with van der Waals surface area (Å²) >= 11 is 6.90. The number of halogens is 1. The molecule has 0 radical (unpaired) electrons. The van der Waals surface area contributed by atoms with Gasteiger partial charge < -0.3 is 15.2 Å². The van der Waals surface area contributed by atoms with Crippen LogP contribution in [0.3, 0.4) is 0 Å². The molecular formula is C10H15ClN2O3S. The number of thiazole rings is 1. The molecular weight excluding hydrogens is 264 g/mol. The molecule has 7 heteroatoms. The number of aliphatic hydroxyl groups is 1. The molecule has 1 rings (SSSR count). The van der Waals surface area contributed by atoms with E-state index in [2.05, 4.69) is 15.0 Å². The molecule has 0 aliphatic heterocycles. The highest BCUT2D eigenvalue weighted by Gasteiger charge is 2.20. The van der Waals surface area contributed by atoms with Gasteiger partial charge in [0, 0.05) is 6.54 Å². The quantitative estimate of drug-likeness (QED) is 0.808. The third-order valence-corrected chi connectivity index (χ3v) is 3.72. The van der Waals surface area contributed by atoms with E-state index in [1.807, 2.05) is 6.92 Å². The van der Waals surface area contributed by atoms with E-state index in [0.717, 1.165) is 11.3 Å². The van der Waals surface area contributed by atoms with E-state index in [0.29, 0.717) is 18.1 Å². The van der Waals surface area contributed by atoms with Gasteiger partial charge in [-0.3, -0.25) is 0 Å². The fourth-order valence-corrected chi connectivity index (χ4v) is 2.09. The molecule has 0 fully saturated rings. The van der Waals surface area contributed by atoms with Crippen molar-refractivity contribution in [2.24, 2.45) is 0 Å². The molecule has 0 aromatic carbocycles. The number of anilines is 1. The fourth-order valence-electron chi connectivity index (χ4n) is 0.987. The maximum atomic E-state index is 11.3. The third-order valence-electron chi connectivity index (χ3n) is 2.34. The summed E-state index contributed by atoms with van der Waals surface area (Å²) in [6.45, 7) is 3.95. The largest absolute Gasteiger partial charge is 0.465 e. The molecule has 0 saturated heterocycles. The number of carbonyl (C=O) groups excluding carboxylic acids is 1. The fraction of sp³-hybridized carbons (Fsp3) is 0.600. The maximum absolute atomic E-state index is 11.3. The number of esters is 1. The smallest absolute Gasteiger partial charge is 0.351 e. The molecule has 0 spiro atoms. The second-order valence-electron chi connectivity index (χ2n) is 3.83. The van der Waals surface area contributed by atoms with Crippen LogP contribution in [0.15, 0.2) is 0 Å². The van der Waals surface area contributed by atoms with E-state index in [-0.39, 0.29) is 10.0 Å². The van der Waals surface area contributed by atoms with Crippen molar-refractivity contribution < 1.29 is 14.6 Å². The Kier molecular flexibility index (Phi) is 4.73. The minimum Gasteiger partial charge on any atom is -0.465 e. The molecule has 0 saturated carbocycles. The SMILES string of the molecule is CCC(C)(O)CNc1nc(Cl)c(C(=O)OC)s1. The van der Waals surface area contributed by atoms with Gasteiger partial charge in [0.15, 0.2) is 15.2 Å². The second-order valence-corrected chi connectivity index (χ2v) is 5.19. The maximum Gasteiger partial charge on any atom is 0.351 e. The number of carbonyl (C=O) groups is 1. The Balaban J connectivity index is 2.71. The van der Waals surface area contributed by atoms with Gasteiger partial charge in [-0.2, -0.15) is 0 Å². The van der Waals surface area contributed by atoms with Crippen LogP contribution in [-0.4, -0.2) is 35.3 Å². The third kappa shape index (κ3) is 3.83. The minimum atomic E-state index is -0.816. The molecule has 0 aliphatic carbocycles. The topological polar surface area (TPSA) is 71.5 Å². The van der Waals surface area contributed by atoms with E-state index >= 15 is 0 Å². The molecule has 5 nitrogen and oxygen atoms in total. The highest BCUT2D eigenvalue weighted by Crippen LogP contribution is 2.27. The van der Waals surface area contributed by atoms with Crippen molar-refractivity contribution >= 4 is 34.0 Å². The van der Waals surface area contributed by atoms with Crippen molar-refractivity contribution in [1.82, 2.24) is 4.98 Å².